The third-order valence-corrected chi connectivity index (χ3v) is 7.08. The van der Waals surface area contributed by atoms with E-state index in [1.54, 1.807) is 45.0 Å². The summed E-state index contributed by atoms with van der Waals surface area (Å²) in [6.45, 7) is 6.31. The van der Waals surface area contributed by atoms with Crippen LogP contribution in [0.2, 0.25) is 0 Å². The summed E-state index contributed by atoms with van der Waals surface area (Å²) in [7, 11) is 0. The Morgan fingerprint density at radius 2 is 1.87 bits per heavy atom. The van der Waals surface area contributed by atoms with Gasteiger partial charge in [-0.1, -0.05) is 32.0 Å². The minimum atomic E-state index is -3.17. The van der Waals surface area contributed by atoms with Gasteiger partial charge in [0, 0.05) is 24.0 Å². The Bertz CT molecular complexity index is 1450. The molecule has 1 fully saturated rings. The first-order valence-corrected chi connectivity index (χ1v) is 12.7. The highest BCUT2D eigenvalue weighted by Crippen LogP contribution is 2.48. The van der Waals surface area contributed by atoms with E-state index in [2.05, 4.69) is 15.5 Å². The summed E-state index contributed by atoms with van der Waals surface area (Å²) in [6.07, 6.45) is -0.272. The predicted octanol–water partition coefficient (Wildman–Crippen LogP) is 4.48. The van der Waals surface area contributed by atoms with Crippen molar-refractivity contribution in [2.45, 2.75) is 58.5 Å². The maximum Gasteiger partial charge on any atom is 0.270 e. The Morgan fingerprint density at radius 1 is 1.13 bits per heavy atom. The molecule has 1 aliphatic heterocycles. The number of likely N-dealkylation sites (tertiary alicyclic amines) is 1. The number of aromatic nitrogens is 2. The van der Waals surface area contributed by atoms with Gasteiger partial charge in [-0.25, -0.2) is 18.3 Å². The highest BCUT2D eigenvalue weighted by atomic mass is 19.3. The summed E-state index contributed by atoms with van der Waals surface area (Å²) in [4.78, 5) is 39.3. The molecule has 1 saturated heterocycles. The molecule has 39 heavy (non-hydrogen) atoms. The third kappa shape index (κ3) is 6.05. The Labute approximate surface area is 224 Å². The van der Waals surface area contributed by atoms with E-state index in [9.17, 15) is 18.8 Å². The molecule has 2 aromatic carbocycles. The van der Waals surface area contributed by atoms with Crippen molar-refractivity contribution in [3.63, 3.8) is 0 Å². The zero-order valence-corrected chi connectivity index (χ0v) is 22.2. The average Bonchev–Trinajstić information content (AvgIpc) is 3.17. The number of alkyl halides is 2. The minimum Gasteiger partial charge on any atom is -0.343 e. The minimum absolute atomic E-state index is 0.284. The Kier molecular flexibility index (Phi) is 7.94. The van der Waals surface area contributed by atoms with E-state index < -0.39 is 54.5 Å². The van der Waals surface area contributed by atoms with Crippen LogP contribution in [0, 0.1) is 25.6 Å². The van der Waals surface area contributed by atoms with E-state index in [1.165, 1.54) is 18.2 Å². The lowest BCUT2D eigenvalue weighted by molar-refractivity contribution is -0.138. The molecule has 7 nitrogen and oxygen atoms in total. The van der Waals surface area contributed by atoms with Crippen LogP contribution >= 0.6 is 0 Å². The van der Waals surface area contributed by atoms with E-state index in [4.69, 9.17) is 0 Å². The topological polar surface area (TPSA) is 95.2 Å². The number of amides is 2. The maximum absolute atomic E-state index is 15.1. The summed E-state index contributed by atoms with van der Waals surface area (Å²) in [5.41, 5.74) is 3.12. The number of carbonyl (C=O) groups excluding carboxylic acids is 2. The van der Waals surface area contributed by atoms with Crippen molar-refractivity contribution in [2.24, 2.45) is 5.92 Å². The van der Waals surface area contributed by atoms with Crippen LogP contribution in [-0.4, -0.2) is 45.4 Å². The van der Waals surface area contributed by atoms with Crippen molar-refractivity contribution in [2.75, 3.05) is 6.54 Å². The molecule has 1 aromatic heterocycles. The number of aryl methyl sites for hydroxylation is 2. The monoisotopic (exact) mass is 540 g/mol. The molecule has 1 unspecified atom stereocenters. The van der Waals surface area contributed by atoms with Gasteiger partial charge in [0.1, 0.15) is 5.82 Å². The van der Waals surface area contributed by atoms with Crippen molar-refractivity contribution >= 4 is 11.8 Å². The molecular weight excluding hydrogens is 509 g/mol. The lowest BCUT2D eigenvalue weighted by Gasteiger charge is -2.33. The molecule has 2 atom stereocenters. The number of aromatic amines is 1. The highest BCUT2D eigenvalue weighted by Gasteiger charge is 2.56. The van der Waals surface area contributed by atoms with Gasteiger partial charge >= 0.3 is 0 Å². The molecule has 4 rings (SSSR count). The fraction of sp³-hybridized carbons (Fsp3) is 0.379. The molecule has 2 heterocycles. The highest BCUT2D eigenvalue weighted by molar-refractivity contribution is 5.96. The summed E-state index contributed by atoms with van der Waals surface area (Å²) in [5.74, 6) is -5.52. The normalized spacial score (nSPS) is 18.4. The second-order valence-electron chi connectivity index (χ2n) is 10.4. The first-order valence-electron chi connectivity index (χ1n) is 12.7. The number of hydrogen-bond donors (Lipinski definition) is 2. The number of benzene rings is 2. The maximum atomic E-state index is 15.1. The molecule has 0 bridgehead atoms. The van der Waals surface area contributed by atoms with E-state index in [1.807, 2.05) is 6.92 Å². The average molecular weight is 541 g/mol. The molecule has 0 aliphatic carbocycles. The quantitative estimate of drug-likeness (QED) is 0.462. The number of halogens is 3. The van der Waals surface area contributed by atoms with Crippen molar-refractivity contribution in [1.29, 1.82) is 0 Å². The van der Waals surface area contributed by atoms with Crippen LogP contribution in [0.4, 0.5) is 13.2 Å². The van der Waals surface area contributed by atoms with Gasteiger partial charge in [0.2, 0.25) is 5.91 Å². The smallest absolute Gasteiger partial charge is 0.270 e. The largest absolute Gasteiger partial charge is 0.343 e. The third-order valence-electron chi connectivity index (χ3n) is 7.08. The molecule has 2 amide bonds. The first-order chi connectivity index (χ1) is 18.4. The molecule has 206 valence electrons. The Hall–Kier alpha value is -3.95. The van der Waals surface area contributed by atoms with Gasteiger partial charge in [-0.15, -0.1) is 0 Å². The zero-order chi connectivity index (χ0) is 28.5. The van der Waals surface area contributed by atoms with Crippen molar-refractivity contribution < 1.29 is 22.8 Å². The van der Waals surface area contributed by atoms with Crippen LogP contribution in [-0.2, 0) is 11.2 Å². The van der Waals surface area contributed by atoms with Crippen LogP contribution < -0.4 is 10.9 Å². The zero-order valence-electron chi connectivity index (χ0n) is 22.2. The Morgan fingerprint density at radius 3 is 2.54 bits per heavy atom. The number of rotatable bonds is 7. The predicted molar refractivity (Wildman–Crippen MR) is 140 cm³/mol. The van der Waals surface area contributed by atoms with E-state index in [-0.39, 0.29) is 16.7 Å². The lowest BCUT2D eigenvalue weighted by atomic mass is 9.98. The molecule has 3 aromatic rings. The second-order valence-corrected chi connectivity index (χ2v) is 10.4. The van der Waals surface area contributed by atoms with Gasteiger partial charge in [-0.05, 0) is 66.8 Å². The standard InChI is InChI=1S/C29H31F3N4O3/c1-16(2)26-29(31,32)14-24(20-6-5-7-23(30)13-20)36(26)25(37)15-33-27(38)21-9-8-19(17(3)10-21)12-22-11-18(4)34-35-28(22)39/h5-11,13,16,24,26H,12,14-15H2,1-4H3,(H,33,38)(H,35,39)/t24-,26?/m0/s1. The second kappa shape index (κ2) is 11.0. The number of H-pyrrole nitrogens is 1. The molecule has 10 heteroatoms. The van der Waals surface area contributed by atoms with Gasteiger partial charge in [-0.2, -0.15) is 5.10 Å². The van der Waals surface area contributed by atoms with Crippen molar-refractivity contribution in [3.8, 4) is 0 Å². The molecule has 0 spiro atoms. The van der Waals surface area contributed by atoms with Crippen LogP contribution in [0.15, 0.2) is 53.3 Å². The summed E-state index contributed by atoms with van der Waals surface area (Å²) in [6, 6.07) is 9.58. The van der Waals surface area contributed by atoms with Gasteiger partial charge in [0.25, 0.3) is 17.4 Å². The number of carbonyl (C=O) groups is 2. The molecule has 0 saturated carbocycles. The number of nitrogens with zero attached hydrogens (tertiary/aromatic N) is 2. The number of hydrogen-bond acceptors (Lipinski definition) is 4. The lowest BCUT2D eigenvalue weighted by Crippen LogP contribution is -2.49. The van der Waals surface area contributed by atoms with Gasteiger partial charge in [-0.3, -0.25) is 14.4 Å². The van der Waals surface area contributed by atoms with Gasteiger partial charge in [0.15, 0.2) is 0 Å². The SMILES string of the molecule is Cc1cc(Cc2ccc(C(=O)NCC(=O)N3C(C(C)C)C(F)(F)C[C@H]3c3cccc(F)c3)cc2C)c(=O)[nH]n1. The van der Waals surface area contributed by atoms with Gasteiger partial charge in [0.05, 0.1) is 24.3 Å². The molecule has 1 aliphatic rings. The number of nitrogens with one attached hydrogen (secondary N) is 2. The van der Waals surface area contributed by atoms with E-state index in [0.29, 0.717) is 17.7 Å². The summed E-state index contributed by atoms with van der Waals surface area (Å²) in [5, 5.41) is 8.87. The summed E-state index contributed by atoms with van der Waals surface area (Å²) >= 11 is 0. The van der Waals surface area contributed by atoms with Crippen LogP contribution in [0.3, 0.4) is 0 Å². The first kappa shape index (κ1) is 28.1. The van der Waals surface area contributed by atoms with Gasteiger partial charge < -0.3 is 10.2 Å². The van der Waals surface area contributed by atoms with Crippen LogP contribution in [0.5, 0.6) is 0 Å². The summed E-state index contributed by atoms with van der Waals surface area (Å²) < 4.78 is 44.0. The fourth-order valence-corrected chi connectivity index (χ4v) is 5.29. The van der Waals surface area contributed by atoms with E-state index in [0.717, 1.165) is 22.1 Å². The Balaban J connectivity index is 1.49. The van der Waals surface area contributed by atoms with Crippen molar-refractivity contribution in [3.05, 3.63) is 98.2 Å². The fourth-order valence-electron chi connectivity index (χ4n) is 5.29. The molecular formula is C29H31F3N4O3. The van der Waals surface area contributed by atoms with Crippen LogP contribution in [0.1, 0.15) is 64.6 Å². The van der Waals surface area contributed by atoms with E-state index >= 15 is 8.78 Å². The van der Waals surface area contributed by atoms with Crippen molar-refractivity contribution in [1.82, 2.24) is 20.4 Å². The molecule has 0 radical (unpaired) electrons. The van der Waals surface area contributed by atoms with Crippen LogP contribution in [0.25, 0.3) is 0 Å². The molecule has 2 N–H and O–H groups in total.